The number of aryl methyl sites for hydroxylation is 2. The fourth-order valence-corrected chi connectivity index (χ4v) is 8.09. The zero-order chi connectivity index (χ0) is 29.6. The van der Waals surface area contributed by atoms with Gasteiger partial charge in [-0.05, 0) is 55.5 Å². The van der Waals surface area contributed by atoms with Crippen molar-refractivity contribution in [3.8, 4) is 0 Å². The van der Waals surface area contributed by atoms with Crippen LogP contribution < -0.4 is 10.6 Å². The van der Waals surface area contributed by atoms with Gasteiger partial charge in [0.1, 0.15) is 11.6 Å². The lowest BCUT2D eigenvalue weighted by Gasteiger charge is -2.37. The van der Waals surface area contributed by atoms with Crippen LogP contribution in [0.2, 0.25) is 0 Å². The Bertz CT molecular complexity index is 1480. The summed E-state index contributed by atoms with van der Waals surface area (Å²) in [6.45, 7) is 3.49. The summed E-state index contributed by atoms with van der Waals surface area (Å²) >= 11 is 3.72. The summed E-state index contributed by atoms with van der Waals surface area (Å²) < 4.78 is 6.63. The van der Waals surface area contributed by atoms with E-state index in [0.717, 1.165) is 16.7 Å². The molecule has 3 amide bonds. The van der Waals surface area contributed by atoms with Crippen molar-refractivity contribution in [3.63, 3.8) is 0 Å². The highest BCUT2D eigenvalue weighted by Gasteiger charge is 2.77. The molecule has 3 aliphatic heterocycles. The first kappa shape index (κ1) is 28.6. The summed E-state index contributed by atoms with van der Waals surface area (Å²) in [5.41, 5.74) is 2.78. The number of fused-ring (bicyclic) bond motifs is 1. The molecule has 3 unspecified atom stereocenters. The van der Waals surface area contributed by atoms with Crippen molar-refractivity contribution in [2.24, 2.45) is 11.8 Å². The number of anilines is 2. The Morgan fingerprint density at radius 3 is 2.26 bits per heavy atom. The number of aliphatic hydroxyl groups excluding tert-OH is 1. The van der Waals surface area contributed by atoms with Crippen LogP contribution in [0, 0.1) is 25.7 Å². The smallest absolute Gasteiger partial charge is 0.250 e. The van der Waals surface area contributed by atoms with Gasteiger partial charge in [0.05, 0.1) is 30.6 Å². The standard InChI is InChI=1S/C33H34BrN3O5/c1-19-10-9-11-20(2)27(19)36-31(40)29-33-17-24(34)28(42-33)25(30(39)35-22-14-7-4-8-15-22)26(33)32(41)37(29)23(18-38)16-21-12-5-3-6-13-21/h3-15,23-26,28-29,38H,16-18H2,1-2H3,(H,35,39)(H,36,40)/t23-,24?,25-,26+,28-,29?,33?/m1/s1. The Morgan fingerprint density at radius 2 is 1.62 bits per heavy atom. The number of carbonyl (C=O) groups is 3. The van der Waals surface area contributed by atoms with Gasteiger partial charge in [-0.2, -0.15) is 0 Å². The van der Waals surface area contributed by atoms with Crippen LogP contribution in [0.25, 0.3) is 0 Å². The first-order chi connectivity index (χ1) is 20.2. The number of likely N-dealkylation sites (tertiary alicyclic amines) is 1. The van der Waals surface area contributed by atoms with E-state index in [4.69, 9.17) is 4.74 Å². The molecule has 6 rings (SSSR count). The predicted octanol–water partition coefficient (Wildman–Crippen LogP) is 4.23. The van der Waals surface area contributed by atoms with E-state index < -0.39 is 35.6 Å². The van der Waals surface area contributed by atoms with Crippen LogP contribution in [-0.2, 0) is 25.5 Å². The number of alkyl halides is 1. The molecule has 3 aromatic rings. The Kier molecular flexibility index (Phi) is 7.68. The van der Waals surface area contributed by atoms with Crippen molar-refractivity contribution in [1.82, 2.24) is 4.90 Å². The molecule has 8 nitrogen and oxygen atoms in total. The van der Waals surface area contributed by atoms with E-state index in [1.165, 1.54) is 4.90 Å². The zero-order valence-electron chi connectivity index (χ0n) is 23.5. The number of amides is 3. The molecule has 2 bridgehead atoms. The first-order valence-corrected chi connectivity index (χ1v) is 15.2. The second kappa shape index (κ2) is 11.3. The Labute approximate surface area is 253 Å². The van der Waals surface area contributed by atoms with Crippen LogP contribution in [-0.4, -0.2) is 63.0 Å². The molecule has 0 aliphatic carbocycles. The third-order valence-electron chi connectivity index (χ3n) is 8.97. The maximum absolute atomic E-state index is 14.5. The number of benzene rings is 3. The minimum atomic E-state index is -1.24. The number of aliphatic hydroxyl groups is 1. The maximum atomic E-state index is 14.5. The molecule has 9 heteroatoms. The monoisotopic (exact) mass is 631 g/mol. The van der Waals surface area contributed by atoms with Crippen molar-refractivity contribution in [2.75, 3.05) is 17.2 Å². The SMILES string of the molecule is Cc1cccc(C)c1NC(=O)C1N([C@@H](CO)Cc2ccccc2)C(=O)[C@@H]2[C@@H](C(=O)Nc3ccccc3)[C@@H]3OC12CC3Br. The van der Waals surface area contributed by atoms with Crippen molar-refractivity contribution in [3.05, 3.63) is 95.6 Å². The second-order valence-corrected chi connectivity index (χ2v) is 12.7. The lowest BCUT2D eigenvalue weighted by Crippen LogP contribution is -2.57. The molecule has 0 aromatic heterocycles. The highest BCUT2D eigenvalue weighted by atomic mass is 79.9. The quantitative estimate of drug-likeness (QED) is 0.323. The Balaban J connectivity index is 1.41. The summed E-state index contributed by atoms with van der Waals surface area (Å²) in [6, 6.07) is 22.7. The molecule has 0 saturated carbocycles. The van der Waals surface area contributed by atoms with E-state index in [1.54, 1.807) is 12.1 Å². The van der Waals surface area contributed by atoms with Crippen LogP contribution >= 0.6 is 15.9 Å². The van der Waals surface area contributed by atoms with Gasteiger partial charge in [-0.15, -0.1) is 0 Å². The number of hydrogen-bond donors (Lipinski definition) is 3. The van der Waals surface area contributed by atoms with Gasteiger partial charge < -0.3 is 25.4 Å². The molecule has 218 valence electrons. The average molecular weight is 633 g/mol. The molecular formula is C33H34BrN3O5. The van der Waals surface area contributed by atoms with Gasteiger partial charge in [0.25, 0.3) is 0 Å². The topological polar surface area (TPSA) is 108 Å². The summed E-state index contributed by atoms with van der Waals surface area (Å²) in [5, 5.41) is 16.7. The molecule has 3 saturated heterocycles. The molecule has 3 heterocycles. The van der Waals surface area contributed by atoms with E-state index in [-0.39, 0.29) is 29.2 Å². The van der Waals surface area contributed by atoms with Crippen LogP contribution in [0.1, 0.15) is 23.1 Å². The van der Waals surface area contributed by atoms with Gasteiger partial charge in [0.2, 0.25) is 17.7 Å². The molecule has 1 spiro atoms. The zero-order valence-corrected chi connectivity index (χ0v) is 25.1. The summed E-state index contributed by atoms with van der Waals surface area (Å²) in [6.07, 6.45) is 0.150. The predicted molar refractivity (Wildman–Crippen MR) is 163 cm³/mol. The summed E-state index contributed by atoms with van der Waals surface area (Å²) in [4.78, 5) is 43.9. The van der Waals surface area contributed by atoms with Crippen LogP contribution in [0.15, 0.2) is 78.9 Å². The van der Waals surface area contributed by atoms with Gasteiger partial charge in [-0.25, -0.2) is 0 Å². The molecule has 7 atom stereocenters. The van der Waals surface area contributed by atoms with Crippen LogP contribution in [0.3, 0.4) is 0 Å². The molecular weight excluding hydrogens is 598 g/mol. The molecule has 3 aromatic carbocycles. The fraction of sp³-hybridized carbons (Fsp3) is 0.364. The minimum Gasteiger partial charge on any atom is -0.394 e. The lowest BCUT2D eigenvalue weighted by molar-refractivity contribution is -0.143. The highest BCUT2D eigenvalue weighted by Crippen LogP contribution is 2.60. The van der Waals surface area contributed by atoms with Gasteiger partial charge in [-0.1, -0.05) is 82.7 Å². The molecule has 3 N–H and O–H groups in total. The number of carbonyl (C=O) groups excluding carboxylic acids is 3. The largest absolute Gasteiger partial charge is 0.394 e. The van der Waals surface area contributed by atoms with E-state index in [0.29, 0.717) is 24.2 Å². The summed E-state index contributed by atoms with van der Waals surface area (Å²) in [7, 11) is 0. The number of nitrogens with zero attached hydrogens (tertiary/aromatic N) is 1. The third kappa shape index (κ3) is 4.73. The summed E-state index contributed by atoms with van der Waals surface area (Å²) in [5.74, 6) is -2.75. The number of halogens is 1. The van der Waals surface area contributed by atoms with Gasteiger partial charge >= 0.3 is 0 Å². The number of ether oxygens (including phenoxy) is 1. The maximum Gasteiger partial charge on any atom is 0.250 e. The lowest BCUT2D eigenvalue weighted by atomic mass is 9.70. The molecule has 0 radical (unpaired) electrons. The second-order valence-electron chi connectivity index (χ2n) is 11.5. The van der Waals surface area contributed by atoms with Gasteiger partial charge in [0.15, 0.2) is 0 Å². The van der Waals surface area contributed by atoms with Gasteiger partial charge in [0, 0.05) is 16.2 Å². The third-order valence-corrected chi connectivity index (χ3v) is 9.81. The molecule has 3 fully saturated rings. The Morgan fingerprint density at radius 1 is 0.976 bits per heavy atom. The normalized spacial score (nSPS) is 28.4. The van der Waals surface area contributed by atoms with Crippen molar-refractivity contribution < 1.29 is 24.2 Å². The Hall–Kier alpha value is -3.53. The highest BCUT2D eigenvalue weighted by molar-refractivity contribution is 9.09. The van der Waals surface area contributed by atoms with E-state index in [1.807, 2.05) is 80.6 Å². The van der Waals surface area contributed by atoms with Crippen LogP contribution in [0.4, 0.5) is 11.4 Å². The number of para-hydroxylation sites is 2. The number of rotatable bonds is 8. The van der Waals surface area contributed by atoms with Crippen molar-refractivity contribution in [2.45, 2.75) is 55.3 Å². The number of hydrogen-bond acceptors (Lipinski definition) is 5. The number of nitrogens with one attached hydrogen (secondary N) is 2. The molecule has 3 aliphatic rings. The van der Waals surface area contributed by atoms with Crippen molar-refractivity contribution >= 4 is 45.0 Å². The van der Waals surface area contributed by atoms with Crippen molar-refractivity contribution in [1.29, 1.82) is 0 Å². The first-order valence-electron chi connectivity index (χ1n) is 14.3. The molecule has 42 heavy (non-hydrogen) atoms. The minimum absolute atomic E-state index is 0.231. The van der Waals surface area contributed by atoms with Crippen LogP contribution in [0.5, 0.6) is 0 Å². The fourth-order valence-electron chi connectivity index (χ4n) is 7.15. The average Bonchev–Trinajstić information content (AvgIpc) is 3.58. The van der Waals surface area contributed by atoms with Gasteiger partial charge in [-0.3, -0.25) is 14.4 Å². The van der Waals surface area contributed by atoms with E-state index in [2.05, 4.69) is 26.6 Å². The van der Waals surface area contributed by atoms with E-state index >= 15 is 0 Å². The van der Waals surface area contributed by atoms with E-state index in [9.17, 15) is 19.5 Å².